The summed E-state index contributed by atoms with van der Waals surface area (Å²) in [4.78, 5) is 7.30. The van der Waals surface area contributed by atoms with Crippen molar-refractivity contribution < 1.29 is 9.47 Å². The summed E-state index contributed by atoms with van der Waals surface area (Å²) in [7, 11) is 0. The molecule has 0 aromatic rings. The van der Waals surface area contributed by atoms with Crippen molar-refractivity contribution in [1.29, 1.82) is 0 Å². The van der Waals surface area contributed by atoms with Crippen molar-refractivity contribution >= 4 is 29.9 Å². The second kappa shape index (κ2) is 15.7. The van der Waals surface area contributed by atoms with Gasteiger partial charge < -0.3 is 20.1 Å². The molecule has 2 atom stereocenters. The van der Waals surface area contributed by atoms with E-state index in [1.165, 1.54) is 25.7 Å². The van der Waals surface area contributed by atoms with E-state index in [-0.39, 0.29) is 24.0 Å². The normalized spacial score (nSPS) is 21.2. The minimum Gasteiger partial charge on any atom is -0.379 e. The first-order valence-electron chi connectivity index (χ1n) is 11.2. The van der Waals surface area contributed by atoms with Gasteiger partial charge in [-0.15, -0.1) is 24.0 Å². The first-order valence-corrected chi connectivity index (χ1v) is 11.2. The molecule has 7 heteroatoms. The van der Waals surface area contributed by atoms with Crippen molar-refractivity contribution in [3.63, 3.8) is 0 Å². The van der Waals surface area contributed by atoms with Crippen molar-refractivity contribution in [2.45, 2.75) is 59.0 Å². The molecule has 2 unspecified atom stereocenters. The standard InChI is InChI=1S/C21H42N4O2.HI/c1-4-22-21(24-16-18(3)17-25-12-14-26-15-13-25)23-11-10-20(27-5-2)19-8-6-7-9-19;/h18-20H,4-17H2,1-3H3,(H2,22,23,24);1H. The van der Waals surface area contributed by atoms with Crippen LogP contribution in [0, 0.1) is 11.8 Å². The molecule has 28 heavy (non-hydrogen) atoms. The summed E-state index contributed by atoms with van der Waals surface area (Å²) in [6, 6.07) is 0. The molecule has 2 rings (SSSR count). The lowest BCUT2D eigenvalue weighted by molar-refractivity contribution is 0.0169. The minimum atomic E-state index is 0. The van der Waals surface area contributed by atoms with Crippen LogP contribution in [0.15, 0.2) is 4.99 Å². The first kappa shape index (κ1) is 25.9. The number of hydrogen-bond donors (Lipinski definition) is 2. The van der Waals surface area contributed by atoms with E-state index in [1.807, 2.05) is 0 Å². The molecule has 1 saturated carbocycles. The molecule has 0 radical (unpaired) electrons. The van der Waals surface area contributed by atoms with Gasteiger partial charge in [0.2, 0.25) is 0 Å². The predicted molar refractivity (Wildman–Crippen MR) is 128 cm³/mol. The first-order chi connectivity index (χ1) is 13.2. The number of ether oxygens (including phenoxy) is 2. The van der Waals surface area contributed by atoms with E-state index in [0.717, 1.165) is 77.4 Å². The van der Waals surface area contributed by atoms with E-state index >= 15 is 0 Å². The fraction of sp³-hybridized carbons (Fsp3) is 0.952. The van der Waals surface area contributed by atoms with Crippen LogP contribution < -0.4 is 10.6 Å². The number of halogens is 1. The van der Waals surface area contributed by atoms with Gasteiger partial charge in [-0.2, -0.15) is 0 Å². The average molecular weight is 511 g/mol. The molecule has 1 heterocycles. The van der Waals surface area contributed by atoms with Crippen LogP contribution in [-0.2, 0) is 9.47 Å². The summed E-state index contributed by atoms with van der Waals surface area (Å²) in [5.74, 6) is 2.24. The van der Waals surface area contributed by atoms with Gasteiger partial charge in [-0.25, -0.2) is 0 Å². The second-order valence-corrected chi connectivity index (χ2v) is 7.99. The molecule has 1 saturated heterocycles. The lowest BCUT2D eigenvalue weighted by Gasteiger charge is -2.28. The summed E-state index contributed by atoms with van der Waals surface area (Å²) in [5.41, 5.74) is 0. The Labute approximate surface area is 189 Å². The van der Waals surface area contributed by atoms with Crippen LogP contribution >= 0.6 is 24.0 Å². The molecule has 2 fully saturated rings. The Balaban J connectivity index is 0.00000392. The average Bonchev–Trinajstić information content (AvgIpc) is 3.21. The highest BCUT2D eigenvalue weighted by atomic mass is 127. The number of rotatable bonds is 11. The summed E-state index contributed by atoms with van der Waals surface area (Å²) in [6.45, 7) is 14.9. The Kier molecular flexibility index (Phi) is 14.5. The molecule has 0 spiro atoms. The maximum atomic E-state index is 6.03. The van der Waals surface area contributed by atoms with Crippen LogP contribution in [-0.4, -0.2) is 76.1 Å². The van der Waals surface area contributed by atoms with Crippen LogP contribution in [0.4, 0.5) is 0 Å². The number of aliphatic imine (C=N–C) groups is 1. The molecule has 6 nitrogen and oxygen atoms in total. The minimum absolute atomic E-state index is 0. The van der Waals surface area contributed by atoms with Crippen LogP contribution in [0.25, 0.3) is 0 Å². The maximum Gasteiger partial charge on any atom is 0.191 e. The van der Waals surface area contributed by atoms with Gasteiger partial charge in [0.25, 0.3) is 0 Å². The zero-order chi connectivity index (χ0) is 19.3. The fourth-order valence-electron chi connectivity index (χ4n) is 4.20. The predicted octanol–water partition coefficient (Wildman–Crippen LogP) is 3.11. The molecule has 0 aromatic heterocycles. The van der Waals surface area contributed by atoms with Gasteiger partial charge in [0, 0.05) is 45.9 Å². The van der Waals surface area contributed by atoms with E-state index in [4.69, 9.17) is 14.5 Å². The molecular weight excluding hydrogens is 467 g/mol. The third kappa shape index (κ3) is 10.1. The van der Waals surface area contributed by atoms with Gasteiger partial charge >= 0.3 is 0 Å². The van der Waals surface area contributed by atoms with Crippen LogP contribution in [0.2, 0.25) is 0 Å². The van der Waals surface area contributed by atoms with Crippen molar-refractivity contribution in [3.8, 4) is 0 Å². The summed E-state index contributed by atoms with van der Waals surface area (Å²) < 4.78 is 11.5. The molecule has 1 aliphatic carbocycles. The number of nitrogens with zero attached hydrogens (tertiary/aromatic N) is 2. The fourth-order valence-corrected chi connectivity index (χ4v) is 4.20. The largest absolute Gasteiger partial charge is 0.379 e. The Morgan fingerprint density at radius 3 is 2.54 bits per heavy atom. The summed E-state index contributed by atoms with van der Waals surface area (Å²) >= 11 is 0. The number of nitrogens with one attached hydrogen (secondary N) is 2. The zero-order valence-electron chi connectivity index (χ0n) is 18.3. The lowest BCUT2D eigenvalue weighted by atomic mass is 9.98. The summed E-state index contributed by atoms with van der Waals surface area (Å²) in [6.07, 6.45) is 6.86. The molecule has 2 N–H and O–H groups in total. The van der Waals surface area contributed by atoms with Gasteiger partial charge in [0.05, 0.1) is 19.3 Å². The number of guanidine groups is 1. The topological polar surface area (TPSA) is 58.1 Å². The van der Waals surface area contributed by atoms with Crippen LogP contribution in [0.1, 0.15) is 52.9 Å². The van der Waals surface area contributed by atoms with E-state index in [2.05, 4.69) is 36.3 Å². The van der Waals surface area contributed by atoms with Crippen LogP contribution in [0.5, 0.6) is 0 Å². The van der Waals surface area contributed by atoms with Gasteiger partial charge in [0.1, 0.15) is 0 Å². The van der Waals surface area contributed by atoms with E-state index in [0.29, 0.717) is 12.0 Å². The zero-order valence-corrected chi connectivity index (χ0v) is 20.6. The third-order valence-electron chi connectivity index (χ3n) is 5.61. The lowest BCUT2D eigenvalue weighted by Crippen LogP contribution is -2.41. The Bertz CT molecular complexity index is 413. The highest BCUT2D eigenvalue weighted by Crippen LogP contribution is 2.30. The second-order valence-electron chi connectivity index (χ2n) is 7.99. The SMILES string of the molecule is CCNC(=NCC(C)CN1CCOCC1)NCCC(OCC)C1CCCC1.I. The van der Waals surface area contributed by atoms with Gasteiger partial charge in [0.15, 0.2) is 5.96 Å². The smallest absolute Gasteiger partial charge is 0.191 e. The van der Waals surface area contributed by atoms with E-state index in [9.17, 15) is 0 Å². The highest BCUT2D eigenvalue weighted by molar-refractivity contribution is 14.0. The molecule has 1 aliphatic heterocycles. The molecule has 2 aliphatic rings. The Morgan fingerprint density at radius 1 is 1.18 bits per heavy atom. The van der Waals surface area contributed by atoms with Crippen molar-refractivity contribution in [2.75, 3.05) is 59.1 Å². The Hall–Kier alpha value is -0.120. The Morgan fingerprint density at radius 2 is 1.89 bits per heavy atom. The quantitative estimate of drug-likeness (QED) is 0.254. The summed E-state index contributed by atoms with van der Waals surface area (Å²) in [5, 5.41) is 6.90. The van der Waals surface area contributed by atoms with Crippen molar-refractivity contribution in [2.24, 2.45) is 16.8 Å². The maximum absolute atomic E-state index is 6.03. The molecule has 166 valence electrons. The van der Waals surface area contributed by atoms with Gasteiger partial charge in [-0.1, -0.05) is 19.8 Å². The van der Waals surface area contributed by atoms with Crippen molar-refractivity contribution in [1.82, 2.24) is 15.5 Å². The third-order valence-corrected chi connectivity index (χ3v) is 5.61. The molecule has 0 amide bonds. The van der Waals surface area contributed by atoms with E-state index in [1.54, 1.807) is 0 Å². The number of hydrogen-bond acceptors (Lipinski definition) is 4. The van der Waals surface area contributed by atoms with Crippen LogP contribution in [0.3, 0.4) is 0 Å². The molecule has 0 aromatic carbocycles. The van der Waals surface area contributed by atoms with Gasteiger partial charge in [-0.05, 0) is 44.9 Å². The molecule has 0 bridgehead atoms. The molecular formula is C21H43IN4O2. The van der Waals surface area contributed by atoms with Crippen molar-refractivity contribution in [3.05, 3.63) is 0 Å². The monoisotopic (exact) mass is 510 g/mol. The van der Waals surface area contributed by atoms with Gasteiger partial charge in [-0.3, -0.25) is 9.89 Å². The van der Waals surface area contributed by atoms with E-state index < -0.39 is 0 Å². The highest BCUT2D eigenvalue weighted by Gasteiger charge is 2.25. The number of morpholine rings is 1.